The van der Waals surface area contributed by atoms with E-state index in [0.29, 0.717) is 31.3 Å². The van der Waals surface area contributed by atoms with Gasteiger partial charge in [0.15, 0.2) is 5.82 Å². The van der Waals surface area contributed by atoms with Gasteiger partial charge in [-0.1, -0.05) is 18.2 Å². The maximum atomic E-state index is 14.5. The lowest BCUT2D eigenvalue weighted by Gasteiger charge is -2.15. The van der Waals surface area contributed by atoms with Crippen LogP contribution >= 0.6 is 0 Å². The van der Waals surface area contributed by atoms with Crippen molar-refractivity contribution >= 4 is 22.7 Å². The van der Waals surface area contributed by atoms with Crippen LogP contribution in [0.5, 0.6) is 11.8 Å². The first-order chi connectivity index (χ1) is 17.9. The number of nitrogens with zero attached hydrogens (tertiary/aromatic N) is 2. The average Bonchev–Trinajstić information content (AvgIpc) is 3.55. The molecule has 37 heavy (non-hydrogen) atoms. The third-order valence-corrected chi connectivity index (χ3v) is 6.59. The molecule has 2 aliphatic rings. The molecule has 0 bridgehead atoms. The number of halogens is 2. The second-order valence-corrected chi connectivity index (χ2v) is 8.93. The SMILES string of the molecule is CCOc1nc2c(F)cc(F)cc2n1-c1cccc2c1OC[C@H]2Nc1ccc2c(c1)CO[C@H]2CC(=O)O. The van der Waals surface area contributed by atoms with Crippen LogP contribution in [0.2, 0.25) is 0 Å². The molecular formula is C27H23F2N3O5. The second-order valence-electron chi connectivity index (χ2n) is 8.93. The van der Waals surface area contributed by atoms with E-state index in [-0.39, 0.29) is 29.5 Å². The fourth-order valence-electron chi connectivity index (χ4n) is 5.01. The number of hydrogen-bond acceptors (Lipinski definition) is 6. The number of carbonyl (C=O) groups is 1. The minimum absolute atomic E-state index is 0.0108. The summed E-state index contributed by atoms with van der Waals surface area (Å²) in [5.41, 5.74) is 4.36. The van der Waals surface area contributed by atoms with E-state index in [1.54, 1.807) is 17.6 Å². The Bertz CT molecular complexity index is 1540. The lowest BCUT2D eigenvalue weighted by atomic mass is 10.0. The number of carboxylic acid groups (broad SMARTS) is 1. The van der Waals surface area contributed by atoms with Gasteiger partial charge < -0.3 is 24.6 Å². The summed E-state index contributed by atoms with van der Waals surface area (Å²) in [7, 11) is 0. The first kappa shape index (κ1) is 23.2. The van der Waals surface area contributed by atoms with Gasteiger partial charge in [0.2, 0.25) is 0 Å². The van der Waals surface area contributed by atoms with Crippen molar-refractivity contribution < 1.29 is 32.9 Å². The molecule has 0 amide bonds. The van der Waals surface area contributed by atoms with Crippen LogP contribution in [0.3, 0.4) is 0 Å². The Morgan fingerprint density at radius 2 is 2.08 bits per heavy atom. The zero-order valence-corrected chi connectivity index (χ0v) is 19.8. The number of ether oxygens (including phenoxy) is 3. The Hall–Kier alpha value is -4.18. The van der Waals surface area contributed by atoms with E-state index in [0.717, 1.165) is 28.4 Å². The van der Waals surface area contributed by atoms with Crippen LogP contribution in [0.25, 0.3) is 16.7 Å². The molecule has 3 aromatic carbocycles. The number of fused-ring (bicyclic) bond motifs is 3. The molecule has 2 aliphatic heterocycles. The standard InChI is InChI=1S/C27H23F2N3O5/c1-2-35-27-31-25-19(29)9-15(28)10-22(25)32(27)21-5-3-4-18-20(13-37-26(18)21)30-16-6-7-17-14(8-16)12-36-23(17)11-24(33)34/h3-10,20,23,30H,2,11-13H2,1H3,(H,33,34)/t20-,23+/m1/s1. The highest BCUT2D eigenvalue weighted by atomic mass is 19.1. The van der Waals surface area contributed by atoms with Gasteiger partial charge in [-0.25, -0.2) is 8.78 Å². The van der Waals surface area contributed by atoms with Crippen molar-refractivity contribution in [3.63, 3.8) is 0 Å². The van der Waals surface area contributed by atoms with E-state index in [9.17, 15) is 13.6 Å². The molecule has 3 heterocycles. The van der Waals surface area contributed by atoms with Crippen LogP contribution in [0.4, 0.5) is 14.5 Å². The molecule has 6 rings (SSSR count). The Morgan fingerprint density at radius 1 is 1.22 bits per heavy atom. The summed E-state index contributed by atoms with van der Waals surface area (Å²) in [6.07, 6.45) is -0.522. The summed E-state index contributed by atoms with van der Waals surface area (Å²) in [4.78, 5) is 15.4. The van der Waals surface area contributed by atoms with Crippen molar-refractivity contribution in [2.75, 3.05) is 18.5 Å². The number of carboxylic acids is 1. The van der Waals surface area contributed by atoms with Crippen LogP contribution in [0.15, 0.2) is 48.5 Å². The molecule has 10 heteroatoms. The van der Waals surface area contributed by atoms with Crippen LogP contribution in [0, 0.1) is 11.6 Å². The maximum Gasteiger partial charge on any atom is 0.306 e. The first-order valence-corrected chi connectivity index (χ1v) is 11.9. The largest absolute Gasteiger partial charge is 0.489 e. The van der Waals surface area contributed by atoms with Crippen molar-refractivity contribution in [2.24, 2.45) is 0 Å². The lowest BCUT2D eigenvalue weighted by Crippen LogP contribution is -2.12. The van der Waals surface area contributed by atoms with Gasteiger partial charge in [0.1, 0.15) is 23.7 Å². The lowest BCUT2D eigenvalue weighted by molar-refractivity contribution is -0.140. The Morgan fingerprint density at radius 3 is 2.89 bits per heavy atom. The monoisotopic (exact) mass is 507 g/mol. The predicted molar refractivity (Wildman–Crippen MR) is 130 cm³/mol. The van der Waals surface area contributed by atoms with E-state index < -0.39 is 23.7 Å². The van der Waals surface area contributed by atoms with Gasteiger partial charge in [-0.3, -0.25) is 9.36 Å². The first-order valence-electron chi connectivity index (χ1n) is 11.9. The average molecular weight is 507 g/mol. The summed E-state index contributed by atoms with van der Waals surface area (Å²) >= 11 is 0. The van der Waals surface area contributed by atoms with Crippen molar-refractivity contribution in [1.82, 2.24) is 9.55 Å². The molecule has 8 nitrogen and oxygen atoms in total. The number of aromatic nitrogens is 2. The van der Waals surface area contributed by atoms with Crippen molar-refractivity contribution in [1.29, 1.82) is 0 Å². The minimum Gasteiger partial charge on any atom is -0.489 e. The summed E-state index contributed by atoms with van der Waals surface area (Å²) in [5.74, 6) is -1.82. The van der Waals surface area contributed by atoms with Gasteiger partial charge in [0.25, 0.3) is 0 Å². The third-order valence-electron chi connectivity index (χ3n) is 6.59. The molecule has 190 valence electrons. The molecule has 0 aliphatic carbocycles. The Labute approximate surface area is 210 Å². The summed E-state index contributed by atoms with van der Waals surface area (Å²) in [6, 6.07) is 13.3. The van der Waals surface area contributed by atoms with Crippen LogP contribution in [-0.2, 0) is 16.1 Å². The third kappa shape index (κ3) is 4.03. The van der Waals surface area contributed by atoms with E-state index in [1.807, 2.05) is 30.3 Å². The van der Waals surface area contributed by atoms with Gasteiger partial charge in [0.05, 0.1) is 43.0 Å². The molecule has 0 saturated carbocycles. The highest BCUT2D eigenvalue weighted by Gasteiger charge is 2.30. The number of aliphatic carboxylic acids is 1. The van der Waals surface area contributed by atoms with Gasteiger partial charge in [-0.05, 0) is 36.2 Å². The van der Waals surface area contributed by atoms with Crippen LogP contribution in [0.1, 0.15) is 42.2 Å². The Kier molecular flexibility index (Phi) is 5.68. The fraction of sp³-hybridized carbons (Fsp3) is 0.259. The van der Waals surface area contributed by atoms with Crippen molar-refractivity contribution in [3.8, 4) is 17.4 Å². The predicted octanol–water partition coefficient (Wildman–Crippen LogP) is 5.29. The minimum atomic E-state index is -0.904. The fourth-order valence-corrected chi connectivity index (χ4v) is 5.01. The molecule has 0 unspecified atom stereocenters. The summed E-state index contributed by atoms with van der Waals surface area (Å²) < 4.78 is 47.6. The number of imidazole rings is 1. The zero-order valence-electron chi connectivity index (χ0n) is 19.8. The summed E-state index contributed by atoms with van der Waals surface area (Å²) in [6.45, 7) is 2.77. The maximum absolute atomic E-state index is 14.5. The topological polar surface area (TPSA) is 94.8 Å². The smallest absolute Gasteiger partial charge is 0.306 e. The quantitative estimate of drug-likeness (QED) is 0.351. The number of nitrogens with one attached hydrogen (secondary N) is 1. The molecule has 2 N–H and O–H groups in total. The number of para-hydroxylation sites is 1. The van der Waals surface area contributed by atoms with Gasteiger partial charge in [-0.2, -0.15) is 4.98 Å². The number of anilines is 1. The summed E-state index contributed by atoms with van der Waals surface area (Å²) in [5, 5.41) is 12.6. The molecular weight excluding hydrogens is 484 g/mol. The normalized spacial score (nSPS) is 17.9. The highest BCUT2D eigenvalue weighted by molar-refractivity contribution is 5.81. The van der Waals surface area contributed by atoms with Crippen LogP contribution in [-0.4, -0.2) is 33.8 Å². The molecule has 0 spiro atoms. The van der Waals surface area contributed by atoms with Crippen molar-refractivity contribution in [3.05, 3.63) is 76.9 Å². The molecule has 2 atom stereocenters. The van der Waals surface area contributed by atoms with E-state index >= 15 is 0 Å². The van der Waals surface area contributed by atoms with E-state index in [4.69, 9.17) is 19.3 Å². The second kappa shape index (κ2) is 9.04. The highest BCUT2D eigenvalue weighted by Crippen LogP contribution is 2.42. The van der Waals surface area contributed by atoms with Gasteiger partial charge in [-0.15, -0.1) is 0 Å². The molecule has 0 fully saturated rings. The van der Waals surface area contributed by atoms with E-state index in [2.05, 4.69) is 10.3 Å². The van der Waals surface area contributed by atoms with E-state index in [1.165, 1.54) is 6.07 Å². The van der Waals surface area contributed by atoms with Crippen LogP contribution < -0.4 is 14.8 Å². The van der Waals surface area contributed by atoms with Gasteiger partial charge in [0, 0.05) is 23.4 Å². The van der Waals surface area contributed by atoms with Gasteiger partial charge >= 0.3 is 12.0 Å². The molecule has 4 aromatic rings. The molecule has 0 radical (unpaired) electrons. The number of rotatable bonds is 7. The zero-order chi connectivity index (χ0) is 25.7. The molecule has 1 aromatic heterocycles. The Balaban J connectivity index is 1.34. The molecule has 0 saturated heterocycles. The number of benzene rings is 3. The van der Waals surface area contributed by atoms with Crippen molar-refractivity contribution in [2.45, 2.75) is 32.1 Å². The number of hydrogen-bond donors (Lipinski definition) is 2.